The molecule has 108 valence electrons. The quantitative estimate of drug-likeness (QED) is 0.397. The van der Waals surface area contributed by atoms with Crippen molar-refractivity contribution in [2.75, 3.05) is 0 Å². The SMILES string of the molecule is C(=Nc1ccc2ccccc2c1)=Nc1ccc2ccccc2c1. The Kier molecular flexibility index (Phi) is 3.44. The Morgan fingerprint density at radius 2 is 0.913 bits per heavy atom. The summed E-state index contributed by atoms with van der Waals surface area (Å²) in [6.07, 6.45) is 0. The number of rotatable bonds is 2. The van der Waals surface area contributed by atoms with Crippen molar-refractivity contribution < 1.29 is 0 Å². The van der Waals surface area contributed by atoms with Crippen molar-refractivity contribution in [1.82, 2.24) is 0 Å². The molecule has 4 aromatic carbocycles. The third kappa shape index (κ3) is 2.89. The molecule has 0 bridgehead atoms. The minimum atomic E-state index is 0.855. The second kappa shape index (κ2) is 5.88. The summed E-state index contributed by atoms with van der Waals surface area (Å²) >= 11 is 0. The summed E-state index contributed by atoms with van der Waals surface area (Å²) in [5.74, 6) is 0. The average molecular weight is 294 g/mol. The van der Waals surface area contributed by atoms with Crippen molar-refractivity contribution in [2.45, 2.75) is 0 Å². The molecule has 0 aromatic heterocycles. The molecule has 0 aliphatic heterocycles. The van der Waals surface area contributed by atoms with Gasteiger partial charge in [-0.2, -0.15) is 9.98 Å². The predicted octanol–water partition coefficient (Wildman–Crippen LogP) is 6.13. The topological polar surface area (TPSA) is 24.7 Å². The molecular formula is C21H14N2. The van der Waals surface area contributed by atoms with Gasteiger partial charge in [0.05, 0.1) is 11.4 Å². The van der Waals surface area contributed by atoms with Crippen LogP contribution in [0.5, 0.6) is 0 Å². The molecule has 0 amide bonds. The van der Waals surface area contributed by atoms with E-state index in [2.05, 4.69) is 52.4 Å². The molecule has 0 radical (unpaired) electrons. The lowest BCUT2D eigenvalue weighted by molar-refractivity contribution is 1.51. The Hall–Kier alpha value is -3.22. The molecule has 0 N–H and O–H groups in total. The summed E-state index contributed by atoms with van der Waals surface area (Å²) in [5.41, 5.74) is 1.71. The van der Waals surface area contributed by atoms with Crippen LogP contribution in [0.1, 0.15) is 0 Å². The van der Waals surface area contributed by atoms with Gasteiger partial charge in [0.25, 0.3) is 0 Å². The fraction of sp³-hybridized carbons (Fsp3) is 0. The Morgan fingerprint density at radius 1 is 0.478 bits per heavy atom. The lowest BCUT2D eigenvalue weighted by atomic mass is 10.1. The van der Waals surface area contributed by atoms with Crippen molar-refractivity contribution in [2.24, 2.45) is 9.98 Å². The normalized spacial score (nSPS) is 10.4. The monoisotopic (exact) mass is 294 g/mol. The molecule has 0 fully saturated rings. The van der Waals surface area contributed by atoms with Gasteiger partial charge in [0, 0.05) is 0 Å². The average Bonchev–Trinajstić information content (AvgIpc) is 2.61. The molecule has 0 heterocycles. The highest BCUT2D eigenvalue weighted by atomic mass is 14.8. The van der Waals surface area contributed by atoms with Gasteiger partial charge < -0.3 is 0 Å². The van der Waals surface area contributed by atoms with Crippen LogP contribution in [0, 0.1) is 0 Å². The molecule has 23 heavy (non-hydrogen) atoms. The van der Waals surface area contributed by atoms with Crippen LogP contribution in [-0.2, 0) is 0 Å². The van der Waals surface area contributed by atoms with Gasteiger partial charge in [-0.1, -0.05) is 60.7 Å². The lowest BCUT2D eigenvalue weighted by Gasteiger charge is -1.98. The maximum atomic E-state index is 4.32. The third-order valence-corrected chi connectivity index (χ3v) is 3.82. The van der Waals surface area contributed by atoms with Crippen molar-refractivity contribution in [3.63, 3.8) is 0 Å². The minimum Gasteiger partial charge on any atom is -0.188 e. The minimum absolute atomic E-state index is 0.855. The Bertz CT molecular complexity index is 974. The standard InChI is InChI=1S/C21H14N2/c1-3-7-18-13-20(11-9-16(18)5-1)22-15-23-21-12-10-17-6-2-4-8-19(17)14-21/h1-14H. The highest BCUT2D eigenvalue weighted by molar-refractivity contribution is 5.86. The summed E-state index contributed by atoms with van der Waals surface area (Å²) in [6.45, 7) is 0. The van der Waals surface area contributed by atoms with Gasteiger partial charge in [0.2, 0.25) is 0 Å². The van der Waals surface area contributed by atoms with Crippen LogP contribution in [0.15, 0.2) is 94.9 Å². The zero-order valence-electron chi connectivity index (χ0n) is 12.5. The third-order valence-electron chi connectivity index (χ3n) is 3.82. The number of benzene rings is 4. The van der Waals surface area contributed by atoms with E-state index in [-0.39, 0.29) is 0 Å². The zero-order valence-corrected chi connectivity index (χ0v) is 12.5. The summed E-state index contributed by atoms with van der Waals surface area (Å²) in [6, 6.07) is 31.4. The fourth-order valence-corrected chi connectivity index (χ4v) is 2.63. The Labute approximate surface area is 134 Å². The summed E-state index contributed by atoms with van der Waals surface area (Å²) in [5, 5.41) is 4.75. The summed E-state index contributed by atoms with van der Waals surface area (Å²) in [4.78, 5) is 8.63. The molecule has 4 aromatic rings. The molecule has 2 nitrogen and oxygen atoms in total. The first kappa shape index (κ1) is 13.4. The second-order valence-electron chi connectivity index (χ2n) is 5.39. The molecule has 0 saturated carbocycles. The highest BCUT2D eigenvalue weighted by Crippen LogP contribution is 2.22. The maximum Gasteiger partial charge on any atom is 0.100 e. The van der Waals surface area contributed by atoms with Crippen LogP contribution in [0.4, 0.5) is 11.4 Å². The Balaban J connectivity index is 1.66. The number of aliphatic imine (C=N–C) groups is 2. The molecule has 0 aliphatic rings. The molecule has 2 heteroatoms. The number of hydrogen-bond donors (Lipinski definition) is 0. The zero-order chi connectivity index (χ0) is 15.5. The first-order valence-corrected chi connectivity index (χ1v) is 7.53. The lowest BCUT2D eigenvalue weighted by Crippen LogP contribution is -1.72. The summed E-state index contributed by atoms with van der Waals surface area (Å²) in [7, 11) is 0. The van der Waals surface area contributed by atoms with Gasteiger partial charge in [-0.25, -0.2) is 0 Å². The molecule has 0 atom stereocenters. The largest absolute Gasteiger partial charge is 0.188 e. The first-order valence-electron chi connectivity index (χ1n) is 7.53. The number of fused-ring (bicyclic) bond motifs is 2. The van der Waals surface area contributed by atoms with Gasteiger partial charge in [-0.05, 0) is 45.8 Å². The molecule has 0 spiro atoms. The van der Waals surface area contributed by atoms with E-state index >= 15 is 0 Å². The van der Waals surface area contributed by atoms with Crippen molar-refractivity contribution in [1.29, 1.82) is 0 Å². The van der Waals surface area contributed by atoms with Crippen LogP contribution in [0.25, 0.3) is 21.5 Å². The van der Waals surface area contributed by atoms with Crippen LogP contribution < -0.4 is 0 Å². The van der Waals surface area contributed by atoms with E-state index in [0.717, 1.165) is 11.4 Å². The van der Waals surface area contributed by atoms with Crippen molar-refractivity contribution >= 4 is 38.9 Å². The van der Waals surface area contributed by atoms with Crippen molar-refractivity contribution in [3.05, 3.63) is 84.9 Å². The molecule has 0 aliphatic carbocycles. The van der Waals surface area contributed by atoms with Gasteiger partial charge in [0.1, 0.15) is 6.01 Å². The van der Waals surface area contributed by atoms with Crippen LogP contribution in [0.3, 0.4) is 0 Å². The molecule has 4 rings (SSSR count). The van der Waals surface area contributed by atoms with Gasteiger partial charge in [0.15, 0.2) is 0 Å². The van der Waals surface area contributed by atoms with Crippen LogP contribution >= 0.6 is 0 Å². The van der Waals surface area contributed by atoms with Gasteiger partial charge in [-0.3, -0.25) is 0 Å². The number of nitrogens with zero attached hydrogens (tertiary/aromatic N) is 2. The smallest absolute Gasteiger partial charge is 0.100 e. The van der Waals surface area contributed by atoms with E-state index in [9.17, 15) is 0 Å². The van der Waals surface area contributed by atoms with Crippen molar-refractivity contribution in [3.8, 4) is 0 Å². The molecular weight excluding hydrogens is 280 g/mol. The van der Waals surface area contributed by atoms with E-state index < -0.39 is 0 Å². The maximum absolute atomic E-state index is 4.32. The van der Waals surface area contributed by atoms with E-state index in [4.69, 9.17) is 0 Å². The van der Waals surface area contributed by atoms with E-state index in [1.807, 2.05) is 48.5 Å². The van der Waals surface area contributed by atoms with E-state index in [1.54, 1.807) is 0 Å². The fourth-order valence-electron chi connectivity index (χ4n) is 2.63. The van der Waals surface area contributed by atoms with E-state index in [0.29, 0.717) is 0 Å². The van der Waals surface area contributed by atoms with Gasteiger partial charge in [-0.15, -0.1) is 0 Å². The number of hydrogen-bond acceptors (Lipinski definition) is 2. The molecule has 0 unspecified atom stereocenters. The first-order chi connectivity index (χ1) is 11.4. The van der Waals surface area contributed by atoms with Crippen LogP contribution in [0.2, 0.25) is 0 Å². The predicted molar refractivity (Wildman–Crippen MR) is 97.1 cm³/mol. The second-order valence-corrected chi connectivity index (χ2v) is 5.39. The molecule has 0 saturated heterocycles. The van der Waals surface area contributed by atoms with E-state index in [1.165, 1.54) is 21.5 Å². The Morgan fingerprint density at radius 3 is 1.39 bits per heavy atom. The highest BCUT2D eigenvalue weighted by Gasteiger charge is 1.95. The summed E-state index contributed by atoms with van der Waals surface area (Å²) < 4.78 is 0. The van der Waals surface area contributed by atoms with Gasteiger partial charge >= 0.3 is 0 Å². The van der Waals surface area contributed by atoms with Crippen LogP contribution in [-0.4, -0.2) is 6.01 Å².